The normalized spacial score (nSPS) is 21.8. The van der Waals surface area contributed by atoms with E-state index in [1.807, 2.05) is 89.8 Å². The highest BCUT2D eigenvalue weighted by Gasteiger charge is 2.76. The summed E-state index contributed by atoms with van der Waals surface area (Å²) >= 11 is 1.22. The average Bonchev–Trinajstić information content (AvgIpc) is 3.98. The van der Waals surface area contributed by atoms with Crippen molar-refractivity contribution < 1.29 is 48.0 Å². The van der Waals surface area contributed by atoms with Gasteiger partial charge >= 0.3 is 18.1 Å². The van der Waals surface area contributed by atoms with E-state index < -0.39 is 65.5 Å². The SMILES string of the molecule is COCCOC(=O)N1C(=O)[C@@]2(c3cc(C#CCNC(N)=O)ccc31)[C@H](c1ccc(OCCO)cc1)N1[C@H](c3ccccc3)[C@H](c3ccccc3)OC(=O)[C@H]1[C@@H]2C(=O)Nc1nc2ccccc2s1. The van der Waals surface area contributed by atoms with Crippen LogP contribution in [0.2, 0.25) is 0 Å². The number of thiazole rings is 1. The number of urea groups is 1. The van der Waals surface area contributed by atoms with E-state index in [0.29, 0.717) is 33.5 Å². The molecular weight excluding hydrogens is 877 g/mol. The number of hydrogen-bond donors (Lipinski definition) is 4. The molecule has 0 saturated carbocycles. The number of fused-ring (bicyclic) bond motifs is 4. The molecule has 0 unspecified atom stereocenters. The lowest BCUT2D eigenvalue weighted by Crippen LogP contribution is -2.54. The van der Waals surface area contributed by atoms with Crippen molar-refractivity contribution in [2.24, 2.45) is 11.7 Å². The Bertz CT molecular complexity index is 2870. The number of aliphatic hydroxyl groups is 1. The van der Waals surface area contributed by atoms with Gasteiger partial charge in [-0.2, -0.15) is 0 Å². The first-order valence-corrected chi connectivity index (χ1v) is 22.2. The molecule has 0 aliphatic carbocycles. The number of carbonyl (C=O) groups excluding carboxylic acids is 5. The Balaban J connectivity index is 1.34. The third-order valence-electron chi connectivity index (χ3n) is 12.1. The monoisotopic (exact) mass is 920 g/mol. The molecule has 5 aromatic carbocycles. The summed E-state index contributed by atoms with van der Waals surface area (Å²) in [5, 5.41) is 15.2. The van der Waals surface area contributed by atoms with Gasteiger partial charge in [-0.25, -0.2) is 19.5 Å². The van der Waals surface area contributed by atoms with Gasteiger partial charge in [0.05, 0.1) is 53.7 Å². The molecule has 17 heteroatoms. The number of para-hydroxylation sites is 1. The van der Waals surface area contributed by atoms with E-state index in [9.17, 15) is 14.7 Å². The number of morpholine rings is 1. The summed E-state index contributed by atoms with van der Waals surface area (Å²) in [6.07, 6.45) is -1.98. The maximum Gasteiger partial charge on any atom is 0.421 e. The molecule has 1 aromatic heterocycles. The topological polar surface area (TPSA) is 212 Å². The number of carbonyl (C=O) groups is 5. The van der Waals surface area contributed by atoms with Gasteiger partial charge in [0.25, 0.3) is 0 Å². The molecule has 5 N–H and O–H groups in total. The molecule has 67 heavy (non-hydrogen) atoms. The van der Waals surface area contributed by atoms with Crippen molar-refractivity contribution in [1.29, 1.82) is 0 Å². The highest BCUT2D eigenvalue weighted by atomic mass is 32.1. The molecule has 2 fully saturated rings. The number of cyclic esters (lactones) is 1. The minimum atomic E-state index is -2.12. The number of nitrogens with two attached hydrogens (primary N) is 1. The molecule has 0 radical (unpaired) electrons. The summed E-state index contributed by atoms with van der Waals surface area (Å²) < 4.78 is 23.9. The predicted molar refractivity (Wildman–Crippen MR) is 247 cm³/mol. The van der Waals surface area contributed by atoms with Crippen molar-refractivity contribution in [3.63, 3.8) is 0 Å². The summed E-state index contributed by atoms with van der Waals surface area (Å²) in [5.74, 6) is 2.32. The number of esters is 1. The van der Waals surface area contributed by atoms with Crippen LogP contribution in [0, 0.1) is 17.8 Å². The number of hydrogen-bond acceptors (Lipinski definition) is 13. The third-order valence-corrected chi connectivity index (χ3v) is 13.1. The van der Waals surface area contributed by atoms with Crippen LogP contribution >= 0.6 is 11.3 Å². The number of nitrogens with zero attached hydrogens (tertiary/aromatic N) is 3. The first kappa shape index (κ1) is 44.6. The second-order valence-corrected chi connectivity index (χ2v) is 16.9. The van der Waals surface area contributed by atoms with Crippen LogP contribution < -0.4 is 26.0 Å². The lowest BCUT2D eigenvalue weighted by Gasteiger charge is -2.46. The highest BCUT2D eigenvalue weighted by molar-refractivity contribution is 7.22. The Hall–Kier alpha value is -7.62. The first-order valence-electron chi connectivity index (χ1n) is 21.4. The Morgan fingerprint density at radius 1 is 0.866 bits per heavy atom. The van der Waals surface area contributed by atoms with Gasteiger partial charge in [-0.1, -0.05) is 108 Å². The van der Waals surface area contributed by atoms with E-state index in [0.717, 1.165) is 9.60 Å². The summed E-state index contributed by atoms with van der Waals surface area (Å²) in [6, 6.07) is 33.3. The fourth-order valence-electron chi connectivity index (χ4n) is 9.54. The van der Waals surface area contributed by atoms with Crippen LogP contribution in [0.25, 0.3) is 10.2 Å². The van der Waals surface area contributed by atoms with E-state index in [4.69, 9.17) is 29.7 Å². The maximum atomic E-state index is 16.3. The lowest BCUT2D eigenvalue weighted by atomic mass is 9.65. The fourth-order valence-corrected chi connectivity index (χ4v) is 10.4. The molecule has 4 heterocycles. The molecule has 6 aromatic rings. The standard InChI is InChI=1S/C50H44N6O10S/c1-63-27-28-65-49(62)55-37-23-18-30(11-10-24-52-47(51)61)29-35(37)50(46(55)60)39(44(58)54-48-53-36-16-8-9-17-38(36)67-48)41-45(59)66-42(32-14-6-3-7-15-32)40(31-12-4-2-5-13-31)56(41)43(50)33-19-21-34(22-20-33)64-26-25-57/h2-9,12-23,29,39-43,57H,24-28H2,1H3,(H3,51,52,61)(H,53,54,58)/t39-,40-,41-,42+,43+,50-/m1/s1. The van der Waals surface area contributed by atoms with Gasteiger partial charge in [0.15, 0.2) is 5.13 Å². The zero-order valence-electron chi connectivity index (χ0n) is 36.0. The van der Waals surface area contributed by atoms with Crippen molar-refractivity contribution in [2.75, 3.05) is 50.3 Å². The van der Waals surface area contributed by atoms with Gasteiger partial charge in [0.2, 0.25) is 11.8 Å². The number of benzene rings is 5. The van der Waals surface area contributed by atoms with Crippen LogP contribution in [0.15, 0.2) is 127 Å². The molecule has 3 aliphatic rings. The Kier molecular flexibility index (Phi) is 12.7. The molecule has 6 atom stereocenters. The number of imide groups is 1. The maximum absolute atomic E-state index is 16.3. The number of aliphatic hydroxyl groups excluding tert-OH is 1. The van der Waals surface area contributed by atoms with E-state index in [1.165, 1.54) is 18.4 Å². The molecule has 1 spiro atoms. The molecule has 2 saturated heterocycles. The second-order valence-electron chi connectivity index (χ2n) is 15.9. The second kappa shape index (κ2) is 19.1. The van der Waals surface area contributed by atoms with Crippen LogP contribution in [0.4, 0.5) is 20.4 Å². The minimum Gasteiger partial charge on any atom is -0.491 e. The van der Waals surface area contributed by atoms with Gasteiger partial charge in [-0.15, -0.1) is 0 Å². The summed E-state index contributed by atoms with van der Waals surface area (Å²) in [4.78, 5) is 80.9. The van der Waals surface area contributed by atoms with E-state index in [2.05, 4.69) is 22.5 Å². The molecule has 16 nitrogen and oxygen atoms in total. The van der Waals surface area contributed by atoms with Crippen LogP contribution in [0.3, 0.4) is 0 Å². The largest absolute Gasteiger partial charge is 0.491 e. The number of methoxy groups -OCH3 is 1. The van der Waals surface area contributed by atoms with Crippen LogP contribution in [0.5, 0.6) is 5.75 Å². The zero-order valence-corrected chi connectivity index (χ0v) is 36.8. The van der Waals surface area contributed by atoms with Crippen LogP contribution in [-0.2, 0) is 34.0 Å². The minimum absolute atomic E-state index is 0.0143. The van der Waals surface area contributed by atoms with Crippen LogP contribution in [-0.4, -0.2) is 91.0 Å². The third kappa shape index (κ3) is 8.21. The lowest BCUT2D eigenvalue weighted by molar-refractivity contribution is -0.177. The van der Waals surface area contributed by atoms with Gasteiger partial charge < -0.3 is 40.4 Å². The number of anilines is 2. The zero-order chi connectivity index (χ0) is 46.7. The first-order chi connectivity index (χ1) is 32.6. The van der Waals surface area contributed by atoms with Gasteiger partial charge in [0.1, 0.15) is 36.5 Å². The molecular formula is C50H44N6O10S. The summed E-state index contributed by atoms with van der Waals surface area (Å²) in [7, 11) is 1.44. The molecule has 9 rings (SSSR count). The molecule has 0 bridgehead atoms. The number of nitrogens with one attached hydrogen (secondary N) is 2. The molecule has 3 aliphatic heterocycles. The van der Waals surface area contributed by atoms with Crippen molar-refractivity contribution >= 4 is 62.3 Å². The van der Waals surface area contributed by atoms with Crippen molar-refractivity contribution in [3.05, 3.63) is 155 Å². The van der Waals surface area contributed by atoms with E-state index in [1.54, 1.807) is 42.5 Å². The summed E-state index contributed by atoms with van der Waals surface area (Å²) in [6.45, 7) is -0.492. The number of ether oxygens (including phenoxy) is 4. The molecule has 5 amide bonds. The van der Waals surface area contributed by atoms with Gasteiger partial charge in [0, 0.05) is 12.7 Å². The number of aromatic nitrogens is 1. The van der Waals surface area contributed by atoms with E-state index >= 15 is 14.4 Å². The molecule has 340 valence electrons. The number of primary amides is 1. The summed E-state index contributed by atoms with van der Waals surface area (Å²) in [5.41, 5.74) is 6.34. The number of rotatable bonds is 12. The van der Waals surface area contributed by atoms with Gasteiger partial charge in [-0.05, 0) is 64.7 Å². The highest BCUT2D eigenvalue weighted by Crippen LogP contribution is 2.66. The Labute approximate surface area is 388 Å². The Morgan fingerprint density at radius 3 is 2.28 bits per heavy atom. The van der Waals surface area contributed by atoms with Crippen molar-refractivity contribution in [2.45, 2.75) is 29.6 Å². The van der Waals surface area contributed by atoms with Crippen molar-refractivity contribution in [3.8, 4) is 17.6 Å². The smallest absolute Gasteiger partial charge is 0.421 e. The Morgan fingerprint density at radius 2 is 1.58 bits per heavy atom. The van der Waals surface area contributed by atoms with Crippen LogP contribution in [0.1, 0.15) is 46.0 Å². The van der Waals surface area contributed by atoms with Gasteiger partial charge in [-0.3, -0.25) is 19.3 Å². The quantitative estimate of drug-likeness (QED) is 0.0655. The van der Waals surface area contributed by atoms with Crippen molar-refractivity contribution in [1.82, 2.24) is 15.2 Å². The predicted octanol–water partition coefficient (Wildman–Crippen LogP) is 5.77. The fraction of sp³-hybridized carbons (Fsp3) is 0.240. The average molecular weight is 921 g/mol. The number of amides is 5. The van der Waals surface area contributed by atoms with E-state index in [-0.39, 0.29) is 49.4 Å².